The molecule has 1 unspecified atom stereocenters. The van der Waals surface area contributed by atoms with Crippen LogP contribution in [-0.2, 0) is 6.42 Å². The Bertz CT molecular complexity index is 352. The highest BCUT2D eigenvalue weighted by molar-refractivity contribution is 5.27. The van der Waals surface area contributed by atoms with Gasteiger partial charge in [0.1, 0.15) is 5.82 Å². The molecule has 0 fully saturated rings. The van der Waals surface area contributed by atoms with Gasteiger partial charge in [0.2, 0.25) is 0 Å². The van der Waals surface area contributed by atoms with E-state index in [2.05, 4.69) is 12.3 Å². The Balaban J connectivity index is 2.48. The molecule has 0 aliphatic carbocycles. The predicted octanol–water partition coefficient (Wildman–Crippen LogP) is 3.48. The van der Waals surface area contributed by atoms with Crippen LogP contribution in [0.4, 0.5) is 4.39 Å². The topological polar surface area (TPSA) is 38.0 Å². The number of nitrogens with two attached hydrogens (primary N) is 1. The number of aryl methyl sites for hydroxylation is 1. The molecule has 102 valence electrons. The van der Waals surface area contributed by atoms with Crippen molar-refractivity contribution in [2.24, 2.45) is 5.84 Å². The average molecular weight is 252 g/mol. The molecule has 18 heavy (non-hydrogen) atoms. The van der Waals surface area contributed by atoms with Crippen LogP contribution in [0.5, 0.6) is 0 Å². The molecule has 3 heteroatoms. The quantitative estimate of drug-likeness (QED) is 0.422. The van der Waals surface area contributed by atoms with Crippen molar-refractivity contribution in [1.82, 2.24) is 5.43 Å². The molecule has 1 aromatic carbocycles. The third-order valence-corrected chi connectivity index (χ3v) is 3.42. The molecule has 2 nitrogen and oxygen atoms in total. The van der Waals surface area contributed by atoms with Crippen LogP contribution in [0.1, 0.15) is 50.2 Å². The summed E-state index contributed by atoms with van der Waals surface area (Å²) in [4.78, 5) is 0. The van der Waals surface area contributed by atoms with Crippen molar-refractivity contribution >= 4 is 0 Å². The van der Waals surface area contributed by atoms with E-state index >= 15 is 0 Å². The zero-order chi connectivity index (χ0) is 13.4. The lowest BCUT2D eigenvalue weighted by Gasteiger charge is -2.17. The average Bonchev–Trinajstić information content (AvgIpc) is 2.37. The Kier molecular flexibility index (Phi) is 6.91. The van der Waals surface area contributed by atoms with E-state index in [9.17, 15) is 4.39 Å². The Labute approximate surface area is 110 Å². The van der Waals surface area contributed by atoms with Gasteiger partial charge in [0, 0.05) is 6.04 Å². The highest BCUT2D eigenvalue weighted by Crippen LogP contribution is 2.15. The molecule has 0 aliphatic heterocycles. The second-order valence-corrected chi connectivity index (χ2v) is 4.99. The van der Waals surface area contributed by atoms with Gasteiger partial charge in [-0.15, -0.1) is 0 Å². The van der Waals surface area contributed by atoms with Gasteiger partial charge in [-0.2, -0.15) is 0 Å². The molecular weight excluding hydrogens is 227 g/mol. The van der Waals surface area contributed by atoms with Crippen molar-refractivity contribution in [3.8, 4) is 0 Å². The normalized spacial score (nSPS) is 12.7. The Morgan fingerprint density at radius 1 is 1.28 bits per heavy atom. The summed E-state index contributed by atoms with van der Waals surface area (Å²) in [6.45, 7) is 4.22. The van der Waals surface area contributed by atoms with E-state index in [1.54, 1.807) is 6.07 Å². The molecule has 0 bridgehead atoms. The number of benzene rings is 1. The van der Waals surface area contributed by atoms with Crippen molar-refractivity contribution in [1.29, 1.82) is 0 Å². The molecule has 0 aliphatic rings. The summed E-state index contributed by atoms with van der Waals surface area (Å²) in [6, 6.07) is 5.19. The fraction of sp³-hybridized carbons (Fsp3) is 0.600. The summed E-state index contributed by atoms with van der Waals surface area (Å²) < 4.78 is 13.2. The summed E-state index contributed by atoms with van der Waals surface area (Å²) in [5.74, 6) is 5.41. The first kappa shape index (κ1) is 15.1. The molecular formula is C15H25FN2. The van der Waals surface area contributed by atoms with Crippen molar-refractivity contribution in [3.05, 3.63) is 35.1 Å². The van der Waals surface area contributed by atoms with Gasteiger partial charge in [-0.3, -0.25) is 11.3 Å². The van der Waals surface area contributed by atoms with Crippen molar-refractivity contribution in [2.45, 2.75) is 58.4 Å². The second-order valence-electron chi connectivity index (χ2n) is 4.99. The summed E-state index contributed by atoms with van der Waals surface area (Å²) in [6.07, 6.45) is 6.78. The smallest absolute Gasteiger partial charge is 0.123 e. The van der Waals surface area contributed by atoms with Crippen LogP contribution < -0.4 is 11.3 Å². The zero-order valence-electron chi connectivity index (χ0n) is 11.5. The summed E-state index contributed by atoms with van der Waals surface area (Å²) in [5, 5.41) is 0. The van der Waals surface area contributed by atoms with E-state index in [4.69, 9.17) is 5.84 Å². The lowest BCUT2D eigenvalue weighted by molar-refractivity contribution is 0.461. The van der Waals surface area contributed by atoms with Crippen LogP contribution in [0.15, 0.2) is 18.2 Å². The van der Waals surface area contributed by atoms with Gasteiger partial charge in [-0.1, -0.05) is 38.7 Å². The lowest BCUT2D eigenvalue weighted by atomic mass is 9.97. The van der Waals surface area contributed by atoms with Crippen LogP contribution in [0.25, 0.3) is 0 Å². The molecule has 3 N–H and O–H groups in total. The van der Waals surface area contributed by atoms with Gasteiger partial charge in [-0.25, -0.2) is 4.39 Å². The first-order chi connectivity index (χ1) is 8.67. The first-order valence-corrected chi connectivity index (χ1v) is 6.88. The number of unbranched alkanes of at least 4 members (excludes halogenated alkanes) is 3. The molecule has 0 amide bonds. The Hall–Kier alpha value is -0.930. The number of nitrogens with one attached hydrogen (secondary N) is 1. The summed E-state index contributed by atoms with van der Waals surface area (Å²) in [7, 11) is 0. The van der Waals surface area contributed by atoms with Crippen molar-refractivity contribution in [3.63, 3.8) is 0 Å². The maximum Gasteiger partial charge on any atom is 0.123 e. The maximum atomic E-state index is 13.2. The van der Waals surface area contributed by atoms with Gasteiger partial charge in [0.25, 0.3) is 0 Å². The molecule has 0 aromatic heterocycles. The van der Waals surface area contributed by atoms with Gasteiger partial charge in [0.15, 0.2) is 0 Å². The molecule has 0 saturated heterocycles. The minimum absolute atomic E-state index is 0.169. The van der Waals surface area contributed by atoms with E-state index in [-0.39, 0.29) is 11.9 Å². The number of hydrogen-bond acceptors (Lipinski definition) is 2. The molecule has 0 spiro atoms. The third kappa shape index (κ3) is 5.15. The van der Waals surface area contributed by atoms with E-state index in [0.717, 1.165) is 24.0 Å². The van der Waals surface area contributed by atoms with Gasteiger partial charge >= 0.3 is 0 Å². The van der Waals surface area contributed by atoms with Crippen LogP contribution in [0, 0.1) is 12.7 Å². The van der Waals surface area contributed by atoms with E-state index < -0.39 is 0 Å². The fourth-order valence-corrected chi connectivity index (χ4v) is 2.19. The molecule has 1 rings (SSSR count). The Morgan fingerprint density at radius 2 is 2.06 bits per heavy atom. The van der Waals surface area contributed by atoms with Crippen molar-refractivity contribution < 1.29 is 4.39 Å². The predicted molar refractivity (Wildman–Crippen MR) is 74.7 cm³/mol. The highest BCUT2D eigenvalue weighted by Gasteiger charge is 2.10. The number of hydrogen-bond donors (Lipinski definition) is 2. The molecule has 0 radical (unpaired) electrons. The largest absolute Gasteiger partial charge is 0.271 e. The van der Waals surface area contributed by atoms with Crippen LogP contribution >= 0.6 is 0 Å². The van der Waals surface area contributed by atoms with Gasteiger partial charge in [0.05, 0.1) is 0 Å². The summed E-state index contributed by atoms with van der Waals surface area (Å²) in [5.41, 5.74) is 5.03. The first-order valence-electron chi connectivity index (χ1n) is 6.88. The third-order valence-electron chi connectivity index (χ3n) is 3.42. The van der Waals surface area contributed by atoms with Crippen LogP contribution in [0.2, 0.25) is 0 Å². The second kappa shape index (κ2) is 8.22. The lowest BCUT2D eigenvalue weighted by Crippen LogP contribution is -2.36. The Morgan fingerprint density at radius 3 is 2.72 bits per heavy atom. The number of halogens is 1. The van der Waals surface area contributed by atoms with Crippen LogP contribution in [-0.4, -0.2) is 6.04 Å². The molecule has 1 aromatic rings. The van der Waals surface area contributed by atoms with E-state index in [0.29, 0.717) is 0 Å². The fourth-order valence-electron chi connectivity index (χ4n) is 2.19. The molecule has 0 saturated carbocycles. The maximum absolute atomic E-state index is 13.2. The van der Waals surface area contributed by atoms with E-state index in [1.807, 2.05) is 13.0 Å². The zero-order valence-corrected chi connectivity index (χ0v) is 11.5. The summed E-state index contributed by atoms with van der Waals surface area (Å²) >= 11 is 0. The number of rotatable bonds is 8. The van der Waals surface area contributed by atoms with Crippen molar-refractivity contribution in [2.75, 3.05) is 0 Å². The minimum Gasteiger partial charge on any atom is -0.271 e. The van der Waals surface area contributed by atoms with Gasteiger partial charge in [-0.05, 0) is 43.0 Å². The number of hydrazine groups is 1. The molecule has 1 atom stereocenters. The monoisotopic (exact) mass is 252 g/mol. The SMILES string of the molecule is CCCCCCC(Cc1cc(F)ccc1C)NN. The standard InChI is InChI=1S/C15H25FN2/c1-3-4-5-6-7-15(18-17)11-13-10-14(16)9-8-12(13)2/h8-10,15,18H,3-7,11,17H2,1-2H3. The highest BCUT2D eigenvalue weighted by atomic mass is 19.1. The van der Waals surface area contributed by atoms with Crippen LogP contribution in [0.3, 0.4) is 0 Å². The minimum atomic E-state index is -0.169. The van der Waals surface area contributed by atoms with Gasteiger partial charge < -0.3 is 0 Å². The molecule has 0 heterocycles. The van der Waals surface area contributed by atoms with E-state index in [1.165, 1.54) is 31.7 Å².